The molecule has 1 aromatic rings. The Balaban J connectivity index is 2.37. The van der Waals surface area contributed by atoms with E-state index in [4.69, 9.17) is 5.26 Å². The molecule has 1 unspecified atom stereocenters. The Bertz CT molecular complexity index is 536. The fourth-order valence-corrected chi connectivity index (χ4v) is 2.74. The smallest absolute Gasteiger partial charge is 0.244 e. The van der Waals surface area contributed by atoms with Gasteiger partial charge in [-0.2, -0.15) is 5.26 Å². The molecule has 1 aromatic carbocycles. The van der Waals surface area contributed by atoms with Crippen LogP contribution in [0.2, 0.25) is 0 Å². The zero-order valence-electron chi connectivity index (χ0n) is 11.0. The normalized spacial score (nSPS) is 21.7. The first kappa shape index (κ1) is 13.9. The molecule has 0 saturated carbocycles. The highest BCUT2D eigenvalue weighted by atomic mass is 79.9. The van der Waals surface area contributed by atoms with Gasteiger partial charge in [0.25, 0.3) is 0 Å². The predicted molar refractivity (Wildman–Crippen MR) is 77.7 cm³/mol. The molecule has 1 heterocycles. The van der Waals surface area contributed by atoms with Crippen molar-refractivity contribution in [2.24, 2.45) is 0 Å². The van der Waals surface area contributed by atoms with Gasteiger partial charge < -0.3 is 10.2 Å². The summed E-state index contributed by atoms with van der Waals surface area (Å²) in [5, 5.41) is 11.9. The molecule has 1 fully saturated rings. The summed E-state index contributed by atoms with van der Waals surface area (Å²) in [6, 6.07) is 9.48. The van der Waals surface area contributed by atoms with Crippen molar-refractivity contribution in [1.82, 2.24) is 5.32 Å². The van der Waals surface area contributed by atoms with E-state index < -0.39 is 6.04 Å². The fraction of sp³-hybridized carbons (Fsp3) is 0.429. The quantitative estimate of drug-likeness (QED) is 0.910. The van der Waals surface area contributed by atoms with Crippen LogP contribution in [-0.2, 0) is 4.79 Å². The topological polar surface area (TPSA) is 56.1 Å². The molecule has 0 bridgehead atoms. The van der Waals surface area contributed by atoms with Crippen molar-refractivity contribution >= 4 is 27.5 Å². The van der Waals surface area contributed by atoms with Crippen LogP contribution in [0.15, 0.2) is 28.7 Å². The minimum atomic E-state index is -0.424. The van der Waals surface area contributed by atoms with Gasteiger partial charge in [-0.25, -0.2) is 0 Å². The van der Waals surface area contributed by atoms with E-state index >= 15 is 0 Å². The van der Waals surface area contributed by atoms with Gasteiger partial charge in [-0.15, -0.1) is 0 Å². The number of halogens is 1. The Morgan fingerprint density at radius 3 is 2.95 bits per heavy atom. The number of carbonyl (C=O) groups is 1. The van der Waals surface area contributed by atoms with E-state index in [0.717, 1.165) is 10.2 Å². The predicted octanol–water partition coefficient (Wildman–Crippen LogP) is 2.45. The number of hydrogen-bond donors (Lipinski definition) is 1. The van der Waals surface area contributed by atoms with Crippen molar-refractivity contribution in [1.29, 1.82) is 5.26 Å². The molecule has 2 rings (SSSR count). The van der Waals surface area contributed by atoms with Crippen LogP contribution in [0.3, 0.4) is 0 Å². The summed E-state index contributed by atoms with van der Waals surface area (Å²) in [7, 11) is 0. The third-order valence-electron chi connectivity index (χ3n) is 3.13. The number of benzene rings is 1. The molecule has 1 amide bonds. The average molecular weight is 322 g/mol. The molecule has 0 aliphatic carbocycles. The fourth-order valence-electron chi connectivity index (χ4n) is 2.35. The van der Waals surface area contributed by atoms with Gasteiger partial charge in [-0.3, -0.25) is 4.79 Å². The maximum absolute atomic E-state index is 12.2. The first-order valence-corrected chi connectivity index (χ1v) is 6.93. The lowest BCUT2D eigenvalue weighted by molar-refractivity contribution is -0.125. The van der Waals surface area contributed by atoms with Crippen molar-refractivity contribution in [2.45, 2.75) is 31.8 Å². The van der Waals surface area contributed by atoms with Crippen molar-refractivity contribution in [2.75, 3.05) is 11.4 Å². The third kappa shape index (κ3) is 3.07. The van der Waals surface area contributed by atoms with Gasteiger partial charge in [0, 0.05) is 16.7 Å². The molecule has 0 radical (unpaired) electrons. The van der Waals surface area contributed by atoms with E-state index in [1.807, 2.05) is 43.0 Å². The Morgan fingerprint density at radius 2 is 2.32 bits per heavy atom. The number of amides is 1. The van der Waals surface area contributed by atoms with Crippen LogP contribution in [0, 0.1) is 11.3 Å². The summed E-state index contributed by atoms with van der Waals surface area (Å²) >= 11 is 3.44. The van der Waals surface area contributed by atoms with Gasteiger partial charge in [-0.1, -0.05) is 22.0 Å². The summed E-state index contributed by atoms with van der Waals surface area (Å²) in [5.41, 5.74) is 0.656. The molecule has 19 heavy (non-hydrogen) atoms. The van der Waals surface area contributed by atoms with Crippen LogP contribution < -0.4 is 10.2 Å². The van der Waals surface area contributed by atoms with E-state index in [9.17, 15) is 4.79 Å². The second-order valence-electron chi connectivity index (χ2n) is 5.36. The summed E-state index contributed by atoms with van der Waals surface area (Å²) in [6.45, 7) is 4.65. The van der Waals surface area contributed by atoms with Gasteiger partial charge in [-0.05, 0) is 32.0 Å². The Hall–Kier alpha value is -1.54. The van der Waals surface area contributed by atoms with E-state index in [1.54, 1.807) is 0 Å². The van der Waals surface area contributed by atoms with Gasteiger partial charge in [0.05, 0.1) is 18.0 Å². The zero-order chi connectivity index (χ0) is 14.0. The van der Waals surface area contributed by atoms with Crippen molar-refractivity contribution < 1.29 is 4.79 Å². The number of nitrogens with zero attached hydrogens (tertiary/aromatic N) is 2. The molecule has 5 heteroatoms. The molecule has 4 nitrogen and oxygen atoms in total. The maximum atomic E-state index is 12.2. The lowest BCUT2D eigenvalue weighted by atomic mass is 9.96. The van der Waals surface area contributed by atoms with E-state index in [-0.39, 0.29) is 17.9 Å². The Kier molecular flexibility index (Phi) is 3.81. The van der Waals surface area contributed by atoms with Crippen LogP contribution in [0.1, 0.15) is 20.3 Å². The molecule has 0 spiro atoms. The first-order chi connectivity index (χ1) is 8.93. The zero-order valence-corrected chi connectivity index (χ0v) is 12.6. The highest BCUT2D eigenvalue weighted by Crippen LogP contribution is 2.27. The van der Waals surface area contributed by atoms with Gasteiger partial charge in [0.15, 0.2) is 0 Å². The van der Waals surface area contributed by atoms with Gasteiger partial charge in [0.1, 0.15) is 6.04 Å². The molecule has 1 aliphatic heterocycles. The molecule has 1 atom stereocenters. The van der Waals surface area contributed by atoms with E-state index in [1.165, 1.54) is 0 Å². The Labute approximate surface area is 121 Å². The van der Waals surface area contributed by atoms with Crippen molar-refractivity contribution in [3.63, 3.8) is 0 Å². The molecule has 100 valence electrons. The Morgan fingerprint density at radius 1 is 1.58 bits per heavy atom. The molecule has 1 saturated heterocycles. The molecule has 0 aromatic heterocycles. The first-order valence-electron chi connectivity index (χ1n) is 6.14. The number of nitriles is 1. The lowest BCUT2D eigenvalue weighted by Gasteiger charge is -2.44. The molecule has 1 aliphatic rings. The number of carbonyl (C=O) groups excluding carboxylic acids is 1. The minimum absolute atomic E-state index is 0.0854. The summed E-state index contributed by atoms with van der Waals surface area (Å²) in [4.78, 5) is 14.2. The number of rotatable bonds is 2. The highest BCUT2D eigenvalue weighted by molar-refractivity contribution is 9.10. The monoisotopic (exact) mass is 321 g/mol. The number of nitrogens with one attached hydrogen (secondary N) is 1. The summed E-state index contributed by atoms with van der Waals surface area (Å²) in [5.74, 6) is -0.0854. The standard InChI is InChI=1S/C14H16BrN3O/c1-14(2)9-18(11-5-3-4-10(15)8-11)12(6-7-16)13(19)17-14/h3-5,8,12H,6,9H2,1-2H3,(H,17,19). The van der Waals surface area contributed by atoms with Crippen molar-refractivity contribution in [3.05, 3.63) is 28.7 Å². The van der Waals surface area contributed by atoms with Crippen LogP contribution in [-0.4, -0.2) is 24.0 Å². The molecule has 1 N–H and O–H groups in total. The average Bonchev–Trinajstić information content (AvgIpc) is 2.31. The number of hydrogen-bond acceptors (Lipinski definition) is 3. The van der Waals surface area contributed by atoms with Crippen LogP contribution in [0.4, 0.5) is 5.69 Å². The second kappa shape index (κ2) is 5.22. The molecular formula is C14H16BrN3O. The van der Waals surface area contributed by atoms with E-state index in [2.05, 4.69) is 27.3 Å². The van der Waals surface area contributed by atoms with Crippen LogP contribution in [0.25, 0.3) is 0 Å². The van der Waals surface area contributed by atoms with Gasteiger partial charge in [0.2, 0.25) is 5.91 Å². The number of anilines is 1. The van der Waals surface area contributed by atoms with Gasteiger partial charge >= 0.3 is 0 Å². The van der Waals surface area contributed by atoms with Crippen LogP contribution >= 0.6 is 15.9 Å². The number of piperazine rings is 1. The van der Waals surface area contributed by atoms with Crippen molar-refractivity contribution in [3.8, 4) is 6.07 Å². The lowest BCUT2D eigenvalue weighted by Crippen LogP contribution is -2.64. The largest absolute Gasteiger partial charge is 0.356 e. The maximum Gasteiger partial charge on any atom is 0.244 e. The molecular weight excluding hydrogens is 306 g/mol. The SMILES string of the molecule is CC1(C)CN(c2cccc(Br)c2)C(CC#N)C(=O)N1. The summed E-state index contributed by atoms with van der Waals surface area (Å²) < 4.78 is 0.962. The van der Waals surface area contributed by atoms with E-state index in [0.29, 0.717) is 6.54 Å². The minimum Gasteiger partial charge on any atom is -0.356 e. The second-order valence-corrected chi connectivity index (χ2v) is 6.27. The third-order valence-corrected chi connectivity index (χ3v) is 3.62. The van der Waals surface area contributed by atoms with Crippen LogP contribution in [0.5, 0.6) is 0 Å². The summed E-state index contributed by atoms with van der Waals surface area (Å²) in [6.07, 6.45) is 0.189. The highest BCUT2D eigenvalue weighted by Gasteiger charge is 2.38.